The van der Waals surface area contributed by atoms with Gasteiger partial charge in [-0.1, -0.05) is 74.5 Å². The van der Waals surface area contributed by atoms with Gasteiger partial charge in [0.05, 0.1) is 13.2 Å². The van der Waals surface area contributed by atoms with Gasteiger partial charge in [0.2, 0.25) is 0 Å². The Morgan fingerprint density at radius 1 is 0.941 bits per heavy atom. The van der Waals surface area contributed by atoms with Gasteiger partial charge in [-0.05, 0) is 36.9 Å². The number of methoxy groups -OCH3 is 1. The van der Waals surface area contributed by atoms with Crippen LogP contribution in [0.2, 0.25) is 5.04 Å². The molecule has 1 heterocycles. The van der Waals surface area contributed by atoms with E-state index in [1.54, 1.807) is 0 Å². The molecule has 1 aliphatic rings. The fourth-order valence-corrected chi connectivity index (χ4v) is 6.15. The van der Waals surface area contributed by atoms with Crippen LogP contribution in [-0.4, -0.2) is 58.1 Å². The smallest absolute Gasteiger partial charge is 0.411 e. The van der Waals surface area contributed by atoms with Crippen molar-refractivity contribution in [3.8, 4) is 0 Å². The third kappa shape index (κ3) is 6.48. The second-order valence-corrected chi connectivity index (χ2v) is 13.0. The first-order valence-electron chi connectivity index (χ1n) is 11.8. The summed E-state index contributed by atoms with van der Waals surface area (Å²) >= 11 is 0. The van der Waals surface area contributed by atoms with Gasteiger partial charge in [-0.25, -0.2) is 9.59 Å². The van der Waals surface area contributed by atoms with Crippen LogP contribution in [0.3, 0.4) is 0 Å². The Morgan fingerprint density at radius 2 is 1.47 bits per heavy atom. The van der Waals surface area contributed by atoms with Crippen LogP contribution in [-0.2, 0) is 18.7 Å². The van der Waals surface area contributed by atoms with E-state index in [4.69, 9.17) is 13.9 Å². The molecule has 1 amide bonds. The van der Waals surface area contributed by atoms with Crippen molar-refractivity contribution in [3.63, 3.8) is 0 Å². The molecule has 2 aromatic rings. The number of hydrogen-bond donors (Lipinski definition) is 0. The summed E-state index contributed by atoms with van der Waals surface area (Å²) in [6.07, 6.45) is -0.327. The van der Waals surface area contributed by atoms with Crippen molar-refractivity contribution in [1.29, 1.82) is 0 Å². The van der Waals surface area contributed by atoms with Crippen molar-refractivity contribution < 1.29 is 23.5 Å². The molecule has 0 N–H and O–H groups in total. The van der Waals surface area contributed by atoms with Gasteiger partial charge in [0, 0.05) is 18.9 Å². The zero-order valence-electron chi connectivity index (χ0n) is 21.1. The Kier molecular flexibility index (Phi) is 8.20. The van der Waals surface area contributed by atoms with Crippen LogP contribution < -0.4 is 0 Å². The molecular weight excluding hydrogens is 446 g/mol. The third-order valence-electron chi connectivity index (χ3n) is 6.10. The Hall–Kier alpha value is -2.64. The highest BCUT2D eigenvalue weighted by atomic mass is 28.2. The Balaban J connectivity index is 1.76. The molecule has 0 saturated carbocycles. The lowest BCUT2D eigenvalue weighted by Gasteiger charge is -2.35. The molecule has 1 aliphatic heterocycles. The largest absolute Gasteiger partial charge is 0.467 e. The maximum atomic E-state index is 12.8. The van der Waals surface area contributed by atoms with Crippen LogP contribution in [0, 0.1) is 0 Å². The van der Waals surface area contributed by atoms with E-state index in [0.29, 0.717) is 13.0 Å². The van der Waals surface area contributed by atoms with Crippen molar-refractivity contribution in [2.24, 2.45) is 0 Å². The van der Waals surface area contributed by atoms with E-state index in [2.05, 4.69) is 62.4 Å². The predicted molar refractivity (Wildman–Crippen MR) is 136 cm³/mol. The van der Waals surface area contributed by atoms with Crippen molar-refractivity contribution >= 4 is 21.8 Å². The lowest BCUT2D eigenvalue weighted by atomic mass is 9.82. The fraction of sp³-hybridized carbons (Fsp3) is 0.481. The summed E-state index contributed by atoms with van der Waals surface area (Å²) < 4.78 is 17.0. The minimum Gasteiger partial charge on any atom is -0.467 e. The number of esters is 1. The number of rotatable bonds is 7. The van der Waals surface area contributed by atoms with E-state index < -0.39 is 33.5 Å². The molecule has 2 atom stereocenters. The van der Waals surface area contributed by atoms with Crippen LogP contribution in [0.15, 0.2) is 60.7 Å². The summed E-state index contributed by atoms with van der Waals surface area (Å²) in [6, 6.07) is 20.3. The van der Waals surface area contributed by atoms with Gasteiger partial charge in [0.15, 0.2) is 9.76 Å². The average Bonchev–Trinajstić information content (AvgIpc) is 3.22. The van der Waals surface area contributed by atoms with Crippen LogP contribution in [0.25, 0.3) is 0 Å². The fourth-order valence-electron chi connectivity index (χ4n) is 4.60. The van der Waals surface area contributed by atoms with Crippen LogP contribution in [0.1, 0.15) is 58.1 Å². The lowest BCUT2D eigenvalue weighted by molar-refractivity contribution is -0.145. The Labute approximate surface area is 205 Å². The maximum absolute atomic E-state index is 12.8. The number of likely N-dealkylation sites (tertiary alicyclic amines) is 1. The highest BCUT2D eigenvalue weighted by Crippen LogP contribution is 2.46. The summed E-state index contributed by atoms with van der Waals surface area (Å²) in [5.41, 5.74) is 1.86. The van der Waals surface area contributed by atoms with E-state index in [1.807, 2.05) is 32.9 Å². The standard InChI is InChI=1S/C27H37NO5Si/c1-26(2,3)32-25(30)28-18-21(17-22(28)24(29)31-6)33-34-27(4,5)23(19-13-9-7-10-14-19)20-15-11-8-12-16-20/h7-16,21-23H,17-18,34H2,1-6H3/t21-,22-/m1/s1. The summed E-state index contributed by atoms with van der Waals surface area (Å²) in [6.45, 7) is 10.3. The molecule has 2 aromatic carbocycles. The van der Waals surface area contributed by atoms with E-state index in [-0.39, 0.29) is 17.1 Å². The van der Waals surface area contributed by atoms with Gasteiger partial charge in [0.25, 0.3) is 0 Å². The van der Waals surface area contributed by atoms with Gasteiger partial charge in [-0.2, -0.15) is 0 Å². The monoisotopic (exact) mass is 483 g/mol. The molecule has 184 valence electrons. The molecule has 6 nitrogen and oxygen atoms in total. The molecule has 0 aromatic heterocycles. The first kappa shape index (κ1) is 26.0. The van der Waals surface area contributed by atoms with Gasteiger partial charge >= 0.3 is 12.1 Å². The first-order valence-corrected chi connectivity index (χ1v) is 13.1. The molecule has 0 radical (unpaired) electrons. The predicted octanol–water partition coefficient (Wildman–Crippen LogP) is 4.67. The first-order chi connectivity index (χ1) is 16.0. The SMILES string of the molecule is COC(=O)[C@H]1C[C@@H](O[SiH2]C(C)(C)C(c2ccccc2)c2ccccc2)CN1C(=O)OC(C)(C)C. The number of benzene rings is 2. The third-order valence-corrected chi connectivity index (χ3v) is 7.89. The molecule has 3 rings (SSSR count). The highest BCUT2D eigenvalue weighted by molar-refractivity contribution is 6.32. The van der Waals surface area contributed by atoms with Crippen LogP contribution in [0.5, 0.6) is 0 Å². The number of ether oxygens (including phenoxy) is 2. The van der Waals surface area contributed by atoms with Crippen molar-refractivity contribution in [2.45, 2.75) is 69.7 Å². The van der Waals surface area contributed by atoms with E-state index in [9.17, 15) is 9.59 Å². The zero-order valence-corrected chi connectivity index (χ0v) is 22.5. The maximum Gasteiger partial charge on any atom is 0.411 e. The summed E-state index contributed by atoms with van der Waals surface area (Å²) in [4.78, 5) is 26.6. The van der Waals surface area contributed by atoms with Gasteiger partial charge in [-0.3, -0.25) is 4.90 Å². The van der Waals surface area contributed by atoms with Crippen molar-refractivity contribution in [2.75, 3.05) is 13.7 Å². The number of carbonyl (C=O) groups excluding carboxylic acids is 2. The van der Waals surface area contributed by atoms with E-state index >= 15 is 0 Å². The second kappa shape index (κ2) is 10.7. The zero-order chi connectivity index (χ0) is 24.9. The van der Waals surface area contributed by atoms with Crippen molar-refractivity contribution in [1.82, 2.24) is 4.90 Å². The van der Waals surface area contributed by atoms with Crippen molar-refractivity contribution in [3.05, 3.63) is 71.8 Å². The average molecular weight is 484 g/mol. The molecule has 0 bridgehead atoms. The summed E-state index contributed by atoms with van der Waals surface area (Å²) in [5.74, 6) is -0.259. The lowest BCUT2D eigenvalue weighted by Crippen LogP contribution is -2.44. The number of nitrogens with zero attached hydrogens (tertiary/aromatic N) is 1. The summed E-state index contributed by atoms with van der Waals surface area (Å²) in [7, 11) is 0.249. The molecule has 1 fully saturated rings. The molecule has 0 aliphatic carbocycles. The van der Waals surface area contributed by atoms with Gasteiger partial charge < -0.3 is 13.9 Å². The second-order valence-electron chi connectivity index (χ2n) is 10.6. The Morgan fingerprint density at radius 3 is 1.94 bits per heavy atom. The normalized spacial score (nSPS) is 19.1. The molecule has 34 heavy (non-hydrogen) atoms. The molecule has 1 saturated heterocycles. The van der Waals surface area contributed by atoms with Gasteiger partial charge in [-0.15, -0.1) is 0 Å². The van der Waals surface area contributed by atoms with Crippen LogP contribution in [0.4, 0.5) is 4.79 Å². The highest BCUT2D eigenvalue weighted by Gasteiger charge is 2.43. The molecule has 0 spiro atoms. The van der Waals surface area contributed by atoms with E-state index in [0.717, 1.165) is 0 Å². The quantitative estimate of drug-likeness (QED) is 0.423. The topological polar surface area (TPSA) is 65.1 Å². The number of hydrogen-bond acceptors (Lipinski definition) is 5. The number of carbonyl (C=O) groups is 2. The van der Waals surface area contributed by atoms with E-state index in [1.165, 1.54) is 23.1 Å². The van der Waals surface area contributed by atoms with Gasteiger partial charge in [0.1, 0.15) is 11.6 Å². The Bertz CT molecular complexity index is 918. The molecule has 0 unspecified atom stereocenters. The minimum atomic E-state index is -1.09. The number of amides is 1. The minimum absolute atomic E-state index is 0.108. The van der Waals surface area contributed by atoms with Crippen LogP contribution >= 0.6 is 0 Å². The molecular formula is C27H37NO5Si. The molecule has 7 heteroatoms. The summed E-state index contributed by atoms with van der Waals surface area (Å²) in [5, 5.41) is -0.108.